The van der Waals surface area contributed by atoms with Gasteiger partial charge in [0.05, 0.1) is 6.61 Å². The molecule has 1 atom stereocenters. The summed E-state index contributed by atoms with van der Waals surface area (Å²) >= 11 is 0. The summed E-state index contributed by atoms with van der Waals surface area (Å²) in [5, 5.41) is 0. The van der Waals surface area contributed by atoms with Crippen molar-refractivity contribution in [3.8, 4) is 0 Å². The Balaban J connectivity index is 3.53. The molecule has 4 nitrogen and oxygen atoms in total. The number of hydrogen-bond donors (Lipinski definition) is 1. The molecule has 0 saturated heterocycles. The van der Waals surface area contributed by atoms with Gasteiger partial charge in [0.1, 0.15) is 12.2 Å². The fraction of sp³-hybridized carbons (Fsp3) is 0.889. The lowest BCUT2D eigenvalue weighted by atomic mass is 10.2. The maximum absolute atomic E-state index is 11.1. The summed E-state index contributed by atoms with van der Waals surface area (Å²) < 4.78 is 10.0. The van der Waals surface area contributed by atoms with Crippen LogP contribution in [0.1, 0.15) is 27.7 Å². The van der Waals surface area contributed by atoms with Crippen LogP contribution in [0.2, 0.25) is 0 Å². The zero-order valence-corrected chi connectivity index (χ0v) is 8.79. The van der Waals surface area contributed by atoms with Crippen LogP contribution < -0.4 is 5.73 Å². The van der Waals surface area contributed by atoms with Crippen LogP contribution in [0.25, 0.3) is 0 Å². The molecule has 0 radical (unpaired) electrons. The summed E-state index contributed by atoms with van der Waals surface area (Å²) in [7, 11) is 0. The third-order valence-electron chi connectivity index (χ3n) is 1.02. The van der Waals surface area contributed by atoms with Gasteiger partial charge in [0.15, 0.2) is 0 Å². The van der Waals surface area contributed by atoms with Crippen LogP contribution in [0.3, 0.4) is 0 Å². The van der Waals surface area contributed by atoms with E-state index in [1.807, 2.05) is 27.7 Å². The molecule has 0 aromatic rings. The van der Waals surface area contributed by atoms with Gasteiger partial charge in [0, 0.05) is 6.04 Å². The predicted molar refractivity (Wildman–Crippen MR) is 50.3 cm³/mol. The molecule has 0 bridgehead atoms. The highest BCUT2D eigenvalue weighted by Gasteiger charge is 2.15. The first-order valence-electron chi connectivity index (χ1n) is 4.36. The van der Waals surface area contributed by atoms with Gasteiger partial charge in [-0.15, -0.1) is 0 Å². The highest BCUT2D eigenvalue weighted by Crippen LogP contribution is 2.06. The van der Waals surface area contributed by atoms with Gasteiger partial charge in [-0.2, -0.15) is 0 Å². The van der Waals surface area contributed by atoms with Crippen molar-refractivity contribution >= 4 is 5.97 Å². The molecule has 13 heavy (non-hydrogen) atoms. The van der Waals surface area contributed by atoms with Crippen molar-refractivity contribution in [2.24, 2.45) is 5.73 Å². The average Bonchev–Trinajstić information content (AvgIpc) is 1.81. The molecule has 0 rings (SSSR count). The zero-order chi connectivity index (χ0) is 10.5. The van der Waals surface area contributed by atoms with E-state index in [2.05, 4.69) is 0 Å². The molecular weight excluding hydrogens is 170 g/mol. The van der Waals surface area contributed by atoms with E-state index in [1.165, 1.54) is 0 Å². The summed E-state index contributed by atoms with van der Waals surface area (Å²) in [6.07, 6.45) is 0. The van der Waals surface area contributed by atoms with E-state index in [1.54, 1.807) is 0 Å². The van der Waals surface area contributed by atoms with Gasteiger partial charge in [-0.3, -0.25) is 0 Å². The van der Waals surface area contributed by atoms with E-state index in [0.29, 0.717) is 6.61 Å². The fourth-order valence-electron chi connectivity index (χ4n) is 0.699. The van der Waals surface area contributed by atoms with Crippen LogP contribution in [0.15, 0.2) is 0 Å². The van der Waals surface area contributed by atoms with E-state index >= 15 is 0 Å². The van der Waals surface area contributed by atoms with Crippen molar-refractivity contribution in [1.82, 2.24) is 0 Å². The van der Waals surface area contributed by atoms with Gasteiger partial charge >= 0.3 is 5.97 Å². The summed E-state index contributed by atoms with van der Waals surface area (Å²) in [6, 6.07) is -0.0533. The monoisotopic (exact) mass is 189 g/mol. The van der Waals surface area contributed by atoms with Crippen molar-refractivity contribution in [3.63, 3.8) is 0 Å². The van der Waals surface area contributed by atoms with E-state index < -0.39 is 5.60 Å². The molecule has 4 heteroatoms. The fourth-order valence-corrected chi connectivity index (χ4v) is 0.699. The lowest BCUT2D eigenvalue weighted by molar-refractivity contribution is -0.160. The molecule has 0 heterocycles. The van der Waals surface area contributed by atoms with Crippen molar-refractivity contribution in [2.75, 3.05) is 13.2 Å². The molecule has 0 saturated carbocycles. The number of rotatable bonds is 4. The minimum Gasteiger partial charge on any atom is -0.458 e. The zero-order valence-electron chi connectivity index (χ0n) is 8.79. The molecule has 0 aliphatic heterocycles. The third-order valence-corrected chi connectivity index (χ3v) is 1.02. The Bertz CT molecular complexity index is 161. The van der Waals surface area contributed by atoms with Crippen LogP contribution in [0.5, 0.6) is 0 Å². The Labute approximate surface area is 79.4 Å². The highest BCUT2D eigenvalue weighted by molar-refractivity contribution is 5.71. The van der Waals surface area contributed by atoms with Crippen LogP contribution in [-0.4, -0.2) is 30.8 Å². The Morgan fingerprint density at radius 1 is 1.46 bits per heavy atom. The Morgan fingerprint density at radius 2 is 2.00 bits per heavy atom. The molecule has 0 spiro atoms. The normalized spacial score (nSPS) is 13.9. The van der Waals surface area contributed by atoms with Crippen LogP contribution in [0, 0.1) is 0 Å². The number of esters is 1. The highest BCUT2D eigenvalue weighted by atomic mass is 16.6. The van der Waals surface area contributed by atoms with E-state index in [0.717, 1.165) is 0 Å². The van der Waals surface area contributed by atoms with Gasteiger partial charge < -0.3 is 15.2 Å². The quantitative estimate of drug-likeness (QED) is 0.661. The molecular formula is C9H19NO3. The second-order valence-electron chi connectivity index (χ2n) is 4.08. The molecule has 1 unspecified atom stereocenters. The molecule has 2 N–H and O–H groups in total. The second-order valence-corrected chi connectivity index (χ2v) is 4.08. The molecule has 0 aromatic heterocycles. The molecule has 0 fully saturated rings. The van der Waals surface area contributed by atoms with E-state index in [9.17, 15) is 4.79 Å². The van der Waals surface area contributed by atoms with Crippen LogP contribution in [0.4, 0.5) is 0 Å². The number of hydrogen-bond acceptors (Lipinski definition) is 4. The Kier molecular flexibility index (Phi) is 4.95. The minimum absolute atomic E-state index is 0.0290. The Morgan fingerprint density at radius 3 is 2.38 bits per heavy atom. The average molecular weight is 189 g/mol. The molecule has 0 aliphatic rings. The Hall–Kier alpha value is -0.610. The second kappa shape index (κ2) is 5.19. The van der Waals surface area contributed by atoms with Crippen molar-refractivity contribution < 1.29 is 14.3 Å². The topological polar surface area (TPSA) is 61.5 Å². The van der Waals surface area contributed by atoms with Gasteiger partial charge in [0.25, 0.3) is 0 Å². The molecule has 78 valence electrons. The summed E-state index contributed by atoms with van der Waals surface area (Å²) in [6.45, 7) is 7.61. The SMILES string of the molecule is CC(N)COCC(=O)OC(C)(C)C. The lowest BCUT2D eigenvalue weighted by Crippen LogP contribution is -2.29. The molecule has 0 aromatic carbocycles. The summed E-state index contributed by atoms with van der Waals surface area (Å²) in [5.41, 5.74) is 4.98. The number of carbonyl (C=O) groups excluding carboxylic acids is 1. The third kappa shape index (κ3) is 9.30. The minimum atomic E-state index is -0.450. The van der Waals surface area contributed by atoms with Gasteiger partial charge in [-0.1, -0.05) is 0 Å². The van der Waals surface area contributed by atoms with Crippen molar-refractivity contribution in [3.05, 3.63) is 0 Å². The maximum atomic E-state index is 11.1. The van der Waals surface area contributed by atoms with Crippen molar-refractivity contribution in [1.29, 1.82) is 0 Å². The first kappa shape index (κ1) is 12.4. The number of nitrogens with two attached hydrogens (primary N) is 1. The smallest absolute Gasteiger partial charge is 0.332 e. The molecule has 0 aliphatic carbocycles. The summed E-state index contributed by atoms with van der Waals surface area (Å²) in [5.74, 6) is -0.354. The van der Waals surface area contributed by atoms with Crippen molar-refractivity contribution in [2.45, 2.75) is 39.3 Å². The maximum Gasteiger partial charge on any atom is 0.332 e. The van der Waals surface area contributed by atoms with E-state index in [-0.39, 0.29) is 18.6 Å². The predicted octanol–water partition coefficient (Wildman–Crippen LogP) is 0.692. The van der Waals surface area contributed by atoms with Gasteiger partial charge in [-0.25, -0.2) is 4.79 Å². The lowest BCUT2D eigenvalue weighted by Gasteiger charge is -2.19. The standard InChI is InChI=1S/C9H19NO3/c1-7(10)5-12-6-8(11)13-9(2,3)4/h7H,5-6,10H2,1-4H3. The van der Waals surface area contributed by atoms with Crippen LogP contribution >= 0.6 is 0 Å². The van der Waals surface area contributed by atoms with Crippen LogP contribution in [-0.2, 0) is 14.3 Å². The number of ether oxygens (including phenoxy) is 2. The first-order valence-corrected chi connectivity index (χ1v) is 4.36. The van der Waals surface area contributed by atoms with Gasteiger partial charge in [-0.05, 0) is 27.7 Å². The summed E-state index contributed by atoms with van der Waals surface area (Å²) in [4.78, 5) is 11.1. The first-order chi connectivity index (χ1) is 5.81. The van der Waals surface area contributed by atoms with E-state index in [4.69, 9.17) is 15.2 Å². The largest absolute Gasteiger partial charge is 0.458 e. The molecule has 0 amide bonds. The van der Waals surface area contributed by atoms with Gasteiger partial charge in [0.2, 0.25) is 0 Å². The number of carbonyl (C=O) groups is 1.